The summed E-state index contributed by atoms with van der Waals surface area (Å²) in [5.74, 6) is 6.57. The third-order valence-corrected chi connectivity index (χ3v) is 6.04. The monoisotopic (exact) mass is 631 g/mol. The van der Waals surface area contributed by atoms with E-state index in [1.165, 1.54) is 0 Å². The van der Waals surface area contributed by atoms with Gasteiger partial charge in [-0.1, -0.05) is 62.4 Å². The largest absolute Gasteiger partial charge is 0.444 e. The fourth-order valence-electron chi connectivity index (χ4n) is 3.97. The second-order valence-corrected chi connectivity index (χ2v) is 12.8. The lowest BCUT2D eigenvalue weighted by atomic mass is 10.1. The molecule has 0 fully saturated rings. The Kier molecular flexibility index (Phi) is 20.6. The molecule has 0 saturated heterocycles. The first-order valence-electron chi connectivity index (χ1n) is 16.1. The maximum absolute atomic E-state index is 12.2. The standard InChI is InChI=1S/C35H57N3O7/c1-34(2,3)44-32(39)37-31(38-33(40)45-35(4,5)6)36-25-20-15-13-11-9-8-10-12-14-19-23-30(43-28-41-7)24-26-42-27-29-21-17-16-18-22-29/h16-18,21-22,30H,8-13,15,20,23-28H2,1-7H3,(H2,36,37,38,39,40)/t30-/m1/s1. The average Bonchev–Trinajstić information content (AvgIpc) is 2.94. The molecule has 2 N–H and O–H groups in total. The van der Waals surface area contributed by atoms with Crippen LogP contribution in [0.2, 0.25) is 0 Å². The van der Waals surface area contributed by atoms with Crippen LogP contribution < -0.4 is 10.6 Å². The zero-order valence-corrected chi connectivity index (χ0v) is 28.7. The Balaban J connectivity index is 2.25. The van der Waals surface area contributed by atoms with Crippen molar-refractivity contribution in [2.45, 2.75) is 130 Å². The summed E-state index contributed by atoms with van der Waals surface area (Å²) in [7, 11) is 1.62. The molecule has 0 unspecified atom stereocenters. The number of ether oxygens (including phenoxy) is 5. The van der Waals surface area contributed by atoms with E-state index < -0.39 is 23.4 Å². The molecule has 0 aliphatic rings. The first kappa shape index (κ1) is 39.9. The summed E-state index contributed by atoms with van der Waals surface area (Å²) in [5.41, 5.74) is -0.184. The van der Waals surface area contributed by atoms with Crippen molar-refractivity contribution in [2.75, 3.05) is 27.1 Å². The van der Waals surface area contributed by atoms with Crippen molar-refractivity contribution in [3.8, 4) is 11.8 Å². The molecule has 0 bridgehead atoms. The highest BCUT2D eigenvalue weighted by Gasteiger charge is 2.21. The van der Waals surface area contributed by atoms with Crippen LogP contribution in [0.25, 0.3) is 0 Å². The Bertz CT molecular complexity index is 1010. The van der Waals surface area contributed by atoms with Crippen molar-refractivity contribution < 1.29 is 33.3 Å². The van der Waals surface area contributed by atoms with Crippen molar-refractivity contribution in [2.24, 2.45) is 4.99 Å². The fourth-order valence-corrected chi connectivity index (χ4v) is 3.97. The molecule has 0 heterocycles. The van der Waals surface area contributed by atoms with Crippen LogP contribution in [-0.2, 0) is 30.3 Å². The molecule has 45 heavy (non-hydrogen) atoms. The Morgan fingerprint density at radius 3 is 1.98 bits per heavy atom. The number of carbonyl (C=O) groups excluding carboxylic acids is 2. The van der Waals surface area contributed by atoms with E-state index in [1.54, 1.807) is 48.7 Å². The van der Waals surface area contributed by atoms with E-state index in [2.05, 4.69) is 39.6 Å². The molecule has 1 atom stereocenters. The first-order chi connectivity index (χ1) is 21.4. The summed E-state index contributed by atoms with van der Waals surface area (Å²) in [6, 6.07) is 10.1. The molecule has 2 amide bonds. The minimum atomic E-state index is -0.689. The maximum Gasteiger partial charge on any atom is 0.414 e. The van der Waals surface area contributed by atoms with E-state index >= 15 is 0 Å². The lowest BCUT2D eigenvalue weighted by molar-refractivity contribution is -0.0788. The highest BCUT2D eigenvalue weighted by molar-refractivity contribution is 6.01. The number of benzene rings is 1. The van der Waals surface area contributed by atoms with Crippen molar-refractivity contribution in [1.29, 1.82) is 0 Å². The van der Waals surface area contributed by atoms with Crippen LogP contribution in [0.1, 0.15) is 111 Å². The maximum atomic E-state index is 12.2. The van der Waals surface area contributed by atoms with Crippen LogP contribution in [0.15, 0.2) is 35.3 Å². The number of nitrogens with zero attached hydrogens (tertiary/aromatic N) is 1. The SMILES string of the molecule is COCO[C@H](CC#CCCCCCCCCCN=C(NC(=O)OC(C)(C)C)NC(=O)OC(C)(C)C)CCOCc1ccccc1. The van der Waals surface area contributed by atoms with Gasteiger partial charge in [-0.15, -0.1) is 11.8 Å². The van der Waals surface area contributed by atoms with Crippen molar-refractivity contribution >= 4 is 18.1 Å². The summed E-state index contributed by atoms with van der Waals surface area (Å²) in [6.45, 7) is 12.5. The second-order valence-electron chi connectivity index (χ2n) is 12.8. The van der Waals surface area contributed by atoms with Gasteiger partial charge in [0.1, 0.15) is 18.0 Å². The lowest BCUT2D eigenvalue weighted by Gasteiger charge is -2.22. The fraction of sp³-hybridized carbons (Fsp3) is 0.686. The molecule has 10 heteroatoms. The van der Waals surface area contributed by atoms with Gasteiger partial charge in [-0.3, -0.25) is 15.6 Å². The van der Waals surface area contributed by atoms with Gasteiger partial charge in [0.15, 0.2) is 0 Å². The van der Waals surface area contributed by atoms with Gasteiger partial charge in [-0.25, -0.2) is 9.59 Å². The summed E-state index contributed by atoms with van der Waals surface area (Å²) >= 11 is 0. The summed E-state index contributed by atoms with van der Waals surface area (Å²) in [5, 5.41) is 5.02. The molecule has 1 rings (SSSR count). The number of methoxy groups -OCH3 is 1. The lowest BCUT2D eigenvalue weighted by Crippen LogP contribution is -2.47. The Morgan fingerprint density at radius 1 is 0.822 bits per heavy atom. The van der Waals surface area contributed by atoms with Gasteiger partial charge >= 0.3 is 12.2 Å². The zero-order chi connectivity index (χ0) is 33.4. The average molecular weight is 632 g/mol. The molecule has 0 aliphatic heterocycles. The van der Waals surface area contributed by atoms with Crippen LogP contribution in [0.4, 0.5) is 9.59 Å². The van der Waals surface area contributed by atoms with Crippen LogP contribution in [0, 0.1) is 11.8 Å². The topological polar surface area (TPSA) is 117 Å². The van der Waals surface area contributed by atoms with Gasteiger partial charge in [0.05, 0.1) is 12.7 Å². The molecular weight excluding hydrogens is 574 g/mol. The second kappa shape index (κ2) is 23.2. The number of amides is 2. The van der Waals surface area contributed by atoms with E-state index in [-0.39, 0.29) is 18.9 Å². The molecule has 10 nitrogen and oxygen atoms in total. The number of hydrogen-bond acceptors (Lipinski definition) is 8. The predicted molar refractivity (Wildman–Crippen MR) is 178 cm³/mol. The summed E-state index contributed by atoms with van der Waals surface area (Å²) in [6.07, 6.45) is 8.42. The number of hydrogen-bond donors (Lipinski definition) is 2. The van der Waals surface area contributed by atoms with Gasteiger partial charge in [0, 0.05) is 33.1 Å². The van der Waals surface area contributed by atoms with Gasteiger partial charge in [-0.05, 0) is 66.4 Å². The van der Waals surface area contributed by atoms with Crippen molar-refractivity contribution in [3.05, 3.63) is 35.9 Å². The number of aliphatic imine (C=N–C) groups is 1. The molecule has 0 radical (unpaired) electrons. The first-order valence-corrected chi connectivity index (χ1v) is 16.1. The highest BCUT2D eigenvalue weighted by atomic mass is 16.7. The smallest absolute Gasteiger partial charge is 0.414 e. The van der Waals surface area contributed by atoms with E-state index in [4.69, 9.17) is 23.7 Å². The molecular formula is C35H57N3O7. The molecule has 1 aromatic rings. The molecule has 0 aliphatic carbocycles. The van der Waals surface area contributed by atoms with Gasteiger partial charge in [0.2, 0.25) is 5.96 Å². The third-order valence-electron chi connectivity index (χ3n) is 6.04. The van der Waals surface area contributed by atoms with Crippen molar-refractivity contribution in [3.63, 3.8) is 0 Å². The van der Waals surface area contributed by atoms with Crippen LogP contribution in [0.5, 0.6) is 0 Å². The number of nitrogens with one attached hydrogen (secondary N) is 2. The minimum absolute atomic E-state index is 0.00480. The molecule has 0 saturated carbocycles. The Labute approximate surface area is 271 Å². The number of carbonyl (C=O) groups is 2. The molecule has 0 aromatic heterocycles. The zero-order valence-electron chi connectivity index (χ0n) is 28.7. The number of alkyl carbamates (subject to hydrolysis) is 2. The van der Waals surface area contributed by atoms with E-state index in [0.29, 0.717) is 26.2 Å². The van der Waals surface area contributed by atoms with Crippen molar-refractivity contribution in [1.82, 2.24) is 10.6 Å². The van der Waals surface area contributed by atoms with E-state index in [9.17, 15) is 9.59 Å². The Morgan fingerprint density at radius 2 is 1.40 bits per heavy atom. The Hall–Kier alpha value is -3.13. The predicted octanol–water partition coefficient (Wildman–Crippen LogP) is 7.50. The molecule has 254 valence electrons. The van der Waals surface area contributed by atoms with Gasteiger partial charge in [-0.2, -0.15) is 0 Å². The minimum Gasteiger partial charge on any atom is -0.444 e. The number of guanidine groups is 1. The van der Waals surface area contributed by atoms with Gasteiger partial charge < -0.3 is 23.7 Å². The van der Waals surface area contributed by atoms with E-state index in [0.717, 1.165) is 63.4 Å². The quantitative estimate of drug-likeness (QED) is 0.0566. The number of unbranched alkanes of at least 4 members (excludes halogenated alkanes) is 7. The molecule has 0 spiro atoms. The van der Waals surface area contributed by atoms with E-state index in [1.807, 2.05) is 18.2 Å². The highest BCUT2D eigenvalue weighted by Crippen LogP contribution is 2.11. The van der Waals surface area contributed by atoms with Crippen LogP contribution in [0.3, 0.4) is 0 Å². The summed E-state index contributed by atoms with van der Waals surface area (Å²) in [4.78, 5) is 28.7. The summed E-state index contributed by atoms with van der Waals surface area (Å²) < 4.78 is 27.2. The van der Waals surface area contributed by atoms with Gasteiger partial charge in [0.25, 0.3) is 0 Å². The molecule has 1 aromatic carbocycles. The normalized spacial score (nSPS) is 12.0. The van der Waals surface area contributed by atoms with Crippen LogP contribution >= 0.6 is 0 Å². The number of rotatable bonds is 18. The van der Waals surface area contributed by atoms with Crippen LogP contribution in [-0.4, -0.2) is 62.5 Å². The third kappa shape index (κ3) is 24.8.